The van der Waals surface area contributed by atoms with Crippen LogP contribution in [0.1, 0.15) is 57.8 Å². The zero-order chi connectivity index (χ0) is 21.7. The van der Waals surface area contributed by atoms with Gasteiger partial charge in [0.15, 0.2) is 0 Å². The Labute approximate surface area is 175 Å². The van der Waals surface area contributed by atoms with Gasteiger partial charge in [-0.2, -0.15) is 0 Å². The summed E-state index contributed by atoms with van der Waals surface area (Å²) in [6, 6.07) is 13.0. The Balaban J connectivity index is 1.49. The molecule has 2 aromatic carbocycles. The third kappa shape index (κ3) is 4.92. The zero-order valence-corrected chi connectivity index (χ0v) is 17.0. The van der Waals surface area contributed by atoms with Crippen molar-refractivity contribution in [3.8, 4) is 0 Å². The predicted molar refractivity (Wildman–Crippen MR) is 111 cm³/mol. The molecule has 2 aromatic rings. The third-order valence-corrected chi connectivity index (χ3v) is 4.77. The largest absolute Gasteiger partial charge is 0.462 e. The van der Waals surface area contributed by atoms with Gasteiger partial charge in [0.1, 0.15) is 0 Å². The monoisotopic (exact) mass is 408 g/mol. The van der Waals surface area contributed by atoms with Crippen molar-refractivity contribution in [1.29, 1.82) is 0 Å². The fraction of sp³-hybridized carbons (Fsp3) is 0.304. The number of esters is 1. The first-order valence-electron chi connectivity index (χ1n) is 9.89. The summed E-state index contributed by atoms with van der Waals surface area (Å²) >= 11 is 0. The minimum absolute atomic E-state index is 0.00155. The number of nitrogens with one attached hydrogen (secondary N) is 1. The van der Waals surface area contributed by atoms with E-state index in [1.807, 2.05) is 0 Å². The summed E-state index contributed by atoms with van der Waals surface area (Å²) in [6.45, 7) is 4.48. The van der Waals surface area contributed by atoms with Gasteiger partial charge < -0.3 is 10.1 Å². The van der Waals surface area contributed by atoms with Gasteiger partial charge in [-0.15, -0.1) is 0 Å². The second kappa shape index (κ2) is 9.35. The lowest BCUT2D eigenvalue weighted by molar-refractivity contribution is -0.116. The molecule has 3 amide bonds. The van der Waals surface area contributed by atoms with Crippen LogP contribution < -0.4 is 5.32 Å². The van der Waals surface area contributed by atoms with Crippen LogP contribution in [0.15, 0.2) is 48.5 Å². The van der Waals surface area contributed by atoms with E-state index in [-0.39, 0.29) is 30.7 Å². The number of ether oxygens (including phenoxy) is 1. The smallest absolute Gasteiger partial charge is 0.338 e. The molecule has 0 saturated carbocycles. The van der Waals surface area contributed by atoms with Crippen LogP contribution in [0.25, 0.3) is 0 Å². The van der Waals surface area contributed by atoms with Crippen molar-refractivity contribution in [1.82, 2.24) is 4.90 Å². The van der Waals surface area contributed by atoms with Crippen LogP contribution in [0, 0.1) is 5.92 Å². The first-order valence-corrected chi connectivity index (χ1v) is 9.89. The lowest BCUT2D eigenvalue weighted by atomic mass is 10.1. The van der Waals surface area contributed by atoms with Crippen molar-refractivity contribution >= 4 is 29.4 Å². The van der Waals surface area contributed by atoms with Gasteiger partial charge in [0.25, 0.3) is 11.8 Å². The van der Waals surface area contributed by atoms with Crippen molar-refractivity contribution in [2.75, 3.05) is 18.5 Å². The first-order chi connectivity index (χ1) is 14.4. The van der Waals surface area contributed by atoms with Gasteiger partial charge in [-0.3, -0.25) is 19.3 Å². The van der Waals surface area contributed by atoms with Crippen molar-refractivity contribution in [2.24, 2.45) is 5.92 Å². The molecular weight excluding hydrogens is 384 g/mol. The van der Waals surface area contributed by atoms with Gasteiger partial charge in [-0.25, -0.2) is 4.79 Å². The highest BCUT2D eigenvalue weighted by Crippen LogP contribution is 2.22. The van der Waals surface area contributed by atoms with Gasteiger partial charge in [0.05, 0.1) is 23.3 Å². The molecule has 0 aromatic heterocycles. The maximum Gasteiger partial charge on any atom is 0.338 e. The summed E-state index contributed by atoms with van der Waals surface area (Å²) in [7, 11) is 0. The van der Waals surface area contributed by atoms with E-state index in [0.717, 1.165) is 11.3 Å². The molecule has 0 saturated heterocycles. The number of fused-ring (bicyclic) bond motifs is 1. The molecule has 30 heavy (non-hydrogen) atoms. The quantitative estimate of drug-likeness (QED) is 0.533. The minimum Gasteiger partial charge on any atom is -0.462 e. The van der Waals surface area contributed by atoms with Crippen molar-refractivity contribution in [3.05, 3.63) is 65.2 Å². The van der Waals surface area contributed by atoms with Crippen molar-refractivity contribution in [2.45, 2.75) is 26.7 Å². The molecule has 0 bridgehead atoms. The number of benzene rings is 2. The molecule has 7 nitrogen and oxygen atoms in total. The molecule has 1 aliphatic rings. The third-order valence-electron chi connectivity index (χ3n) is 4.77. The van der Waals surface area contributed by atoms with E-state index in [1.165, 1.54) is 0 Å². The minimum atomic E-state index is -0.404. The maximum atomic E-state index is 12.3. The molecule has 156 valence electrons. The van der Waals surface area contributed by atoms with E-state index in [2.05, 4.69) is 19.2 Å². The van der Waals surface area contributed by atoms with Crippen LogP contribution >= 0.6 is 0 Å². The second-order valence-corrected chi connectivity index (χ2v) is 7.50. The van der Waals surface area contributed by atoms with E-state index in [0.29, 0.717) is 34.9 Å². The Morgan fingerprint density at radius 2 is 1.57 bits per heavy atom. The molecule has 0 aliphatic carbocycles. The Kier molecular flexibility index (Phi) is 6.61. The van der Waals surface area contributed by atoms with E-state index in [1.54, 1.807) is 48.5 Å². The first kappa shape index (κ1) is 21.2. The van der Waals surface area contributed by atoms with Crippen LogP contribution in [0.5, 0.6) is 0 Å². The van der Waals surface area contributed by atoms with Gasteiger partial charge in [0.2, 0.25) is 5.91 Å². The molecular formula is C23H24N2O5. The zero-order valence-electron chi connectivity index (χ0n) is 17.0. The molecule has 1 heterocycles. The Morgan fingerprint density at radius 1 is 0.967 bits per heavy atom. The molecule has 3 rings (SSSR count). The fourth-order valence-electron chi connectivity index (χ4n) is 3.04. The van der Waals surface area contributed by atoms with Gasteiger partial charge >= 0.3 is 5.97 Å². The summed E-state index contributed by atoms with van der Waals surface area (Å²) in [5.41, 5.74) is 1.64. The predicted octanol–water partition coefficient (Wildman–Crippen LogP) is 3.51. The topological polar surface area (TPSA) is 92.8 Å². The number of hydrogen-bond donors (Lipinski definition) is 1. The van der Waals surface area contributed by atoms with E-state index in [4.69, 9.17) is 4.74 Å². The standard InChI is InChI=1S/C23H24N2O5/c1-15(2)12-14-30-23(29)16-7-9-17(10-8-16)24-20(26)11-13-25-21(27)18-5-3-4-6-19(18)22(25)28/h3-10,15H,11-14H2,1-2H3,(H,24,26). The normalized spacial score (nSPS) is 12.8. The van der Waals surface area contributed by atoms with Gasteiger partial charge in [-0.1, -0.05) is 26.0 Å². The van der Waals surface area contributed by atoms with Crippen molar-refractivity contribution < 1.29 is 23.9 Å². The summed E-state index contributed by atoms with van der Waals surface area (Å²) in [6.07, 6.45) is 0.775. The molecule has 1 N–H and O–H groups in total. The number of carbonyl (C=O) groups excluding carboxylic acids is 4. The fourth-order valence-corrected chi connectivity index (χ4v) is 3.04. The van der Waals surface area contributed by atoms with Crippen LogP contribution in [0.4, 0.5) is 5.69 Å². The molecule has 0 atom stereocenters. The lowest BCUT2D eigenvalue weighted by Crippen LogP contribution is -2.32. The molecule has 0 spiro atoms. The number of amides is 3. The molecule has 7 heteroatoms. The highest BCUT2D eigenvalue weighted by Gasteiger charge is 2.34. The summed E-state index contributed by atoms with van der Waals surface area (Å²) < 4.78 is 5.21. The highest BCUT2D eigenvalue weighted by atomic mass is 16.5. The van der Waals surface area contributed by atoms with E-state index < -0.39 is 5.97 Å². The van der Waals surface area contributed by atoms with E-state index >= 15 is 0 Å². The van der Waals surface area contributed by atoms with Crippen LogP contribution in [-0.2, 0) is 9.53 Å². The number of hydrogen-bond acceptors (Lipinski definition) is 5. The summed E-state index contributed by atoms with van der Waals surface area (Å²) in [5.74, 6) is -1.05. The summed E-state index contributed by atoms with van der Waals surface area (Å²) in [4.78, 5) is 49.9. The summed E-state index contributed by atoms with van der Waals surface area (Å²) in [5, 5.41) is 2.70. The highest BCUT2D eigenvalue weighted by molar-refractivity contribution is 6.21. The van der Waals surface area contributed by atoms with Gasteiger partial charge in [-0.05, 0) is 48.7 Å². The average Bonchev–Trinajstić information content (AvgIpc) is 2.97. The van der Waals surface area contributed by atoms with Crippen LogP contribution in [0.2, 0.25) is 0 Å². The van der Waals surface area contributed by atoms with Crippen molar-refractivity contribution in [3.63, 3.8) is 0 Å². The maximum absolute atomic E-state index is 12.3. The molecule has 0 unspecified atom stereocenters. The lowest BCUT2D eigenvalue weighted by Gasteiger charge is -2.13. The number of nitrogens with zero attached hydrogens (tertiary/aromatic N) is 1. The van der Waals surface area contributed by atoms with Gasteiger partial charge in [0, 0.05) is 18.7 Å². The Hall–Kier alpha value is -3.48. The number of rotatable bonds is 8. The number of carbonyl (C=O) groups is 4. The second-order valence-electron chi connectivity index (χ2n) is 7.50. The van der Waals surface area contributed by atoms with E-state index in [9.17, 15) is 19.2 Å². The molecule has 1 aliphatic heterocycles. The molecule has 0 fully saturated rings. The Morgan fingerprint density at radius 3 is 2.13 bits per heavy atom. The average molecular weight is 408 g/mol. The number of imide groups is 1. The van der Waals surface area contributed by atoms with Crippen LogP contribution in [-0.4, -0.2) is 41.7 Å². The number of anilines is 1. The SMILES string of the molecule is CC(C)CCOC(=O)c1ccc(NC(=O)CCN2C(=O)c3ccccc3C2=O)cc1. The molecule has 0 radical (unpaired) electrons. The van der Waals surface area contributed by atoms with Crippen LogP contribution in [0.3, 0.4) is 0 Å². The Bertz CT molecular complexity index is 931.